The summed E-state index contributed by atoms with van der Waals surface area (Å²) in [5, 5.41) is 8.75. The minimum atomic E-state index is -0.727. The van der Waals surface area contributed by atoms with Crippen LogP contribution in [-0.2, 0) is 11.2 Å². The smallest absolute Gasteiger partial charge is 0.303 e. The van der Waals surface area contributed by atoms with Crippen LogP contribution >= 0.6 is 0 Å². The van der Waals surface area contributed by atoms with E-state index < -0.39 is 5.97 Å². The van der Waals surface area contributed by atoms with Crippen LogP contribution in [0.1, 0.15) is 71.3 Å². The molecule has 0 saturated heterocycles. The minimum absolute atomic E-state index is 0.233. The van der Waals surface area contributed by atoms with Crippen molar-refractivity contribution in [1.29, 1.82) is 0 Å². The lowest BCUT2D eigenvalue weighted by Gasteiger charge is -2.36. The van der Waals surface area contributed by atoms with Gasteiger partial charge in [0.05, 0.1) is 11.8 Å². The van der Waals surface area contributed by atoms with Gasteiger partial charge in [0.2, 0.25) is 0 Å². The Morgan fingerprint density at radius 1 is 1.07 bits per heavy atom. The molecule has 4 nitrogen and oxygen atoms in total. The number of carboxylic acid groups (broad SMARTS) is 1. The zero-order valence-electron chi connectivity index (χ0n) is 18.6. The van der Waals surface area contributed by atoms with Gasteiger partial charge < -0.3 is 9.84 Å². The highest BCUT2D eigenvalue weighted by atomic mass is 16.5. The number of aromatic nitrogens is 1. The number of ether oxygens (including phenoxy) is 1. The van der Waals surface area contributed by atoms with E-state index in [1.165, 1.54) is 18.4 Å². The molecule has 162 valence electrons. The first kappa shape index (κ1) is 22.3. The molecule has 0 bridgehead atoms. The van der Waals surface area contributed by atoms with Crippen LogP contribution in [0.5, 0.6) is 5.75 Å². The molecule has 0 aliphatic heterocycles. The predicted molar refractivity (Wildman–Crippen MR) is 121 cm³/mol. The van der Waals surface area contributed by atoms with E-state index >= 15 is 0 Å². The van der Waals surface area contributed by atoms with Crippen molar-refractivity contribution >= 4 is 5.97 Å². The monoisotopic (exact) mass is 409 g/mol. The summed E-state index contributed by atoms with van der Waals surface area (Å²) in [7, 11) is 0. The molecule has 1 aliphatic carbocycles. The average molecular weight is 410 g/mol. The third kappa shape index (κ3) is 6.58. The summed E-state index contributed by atoms with van der Waals surface area (Å²) in [4.78, 5) is 15.1. The highest BCUT2D eigenvalue weighted by Crippen LogP contribution is 2.38. The second-order valence-corrected chi connectivity index (χ2v) is 9.63. The first-order valence-corrected chi connectivity index (χ1v) is 11.2. The van der Waals surface area contributed by atoms with Crippen LogP contribution in [0.3, 0.4) is 0 Å². The molecule has 0 radical (unpaired) electrons. The van der Waals surface area contributed by atoms with Gasteiger partial charge in [-0.2, -0.15) is 0 Å². The number of aliphatic carboxylic acids is 1. The number of benzene rings is 1. The minimum Gasteiger partial charge on any atom is -0.490 e. The number of rotatable bonds is 8. The Kier molecular flexibility index (Phi) is 7.52. The SMILES string of the molecule is CC(C)(C)C1CCC(Oc2ccc(-c3cc(CCCCC(=O)O)ccn3)cc2)CC1. The fourth-order valence-electron chi connectivity index (χ4n) is 4.34. The zero-order valence-corrected chi connectivity index (χ0v) is 18.6. The lowest BCUT2D eigenvalue weighted by Crippen LogP contribution is -2.30. The molecule has 0 unspecified atom stereocenters. The van der Waals surface area contributed by atoms with Gasteiger partial charge in [-0.3, -0.25) is 9.78 Å². The molecule has 3 rings (SSSR count). The van der Waals surface area contributed by atoms with Gasteiger partial charge in [-0.1, -0.05) is 20.8 Å². The van der Waals surface area contributed by atoms with Crippen LogP contribution in [0, 0.1) is 11.3 Å². The van der Waals surface area contributed by atoms with Crippen molar-refractivity contribution in [2.45, 2.75) is 78.2 Å². The van der Waals surface area contributed by atoms with Crippen LogP contribution in [0.4, 0.5) is 0 Å². The normalized spacial score (nSPS) is 19.4. The molecule has 2 aromatic rings. The third-order valence-electron chi connectivity index (χ3n) is 6.28. The van der Waals surface area contributed by atoms with E-state index in [2.05, 4.69) is 44.0 Å². The summed E-state index contributed by atoms with van der Waals surface area (Å²) >= 11 is 0. The highest BCUT2D eigenvalue weighted by molar-refractivity contribution is 5.66. The van der Waals surface area contributed by atoms with Crippen LogP contribution < -0.4 is 4.74 Å². The van der Waals surface area contributed by atoms with Crippen molar-refractivity contribution in [2.24, 2.45) is 11.3 Å². The second-order valence-electron chi connectivity index (χ2n) is 9.63. The molecule has 1 N–H and O–H groups in total. The molecular formula is C26H35NO3. The van der Waals surface area contributed by atoms with Gasteiger partial charge in [-0.15, -0.1) is 0 Å². The lowest BCUT2D eigenvalue weighted by atomic mass is 9.72. The second kappa shape index (κ2) is 10.1. The highest BCUT2D eigenvalue weighted by Gasteiger charge is 2.30. The summed E-state index contributed by atoms with van der Waals surface area (Å²) in [6, 6.07) is 12.4. The lowest BCUT2D eigenvalue weighted by molar-refractivity contribution is -0.137. The van der Waals surface area contributed by atoms with Crippen molar-refractivity contribution < 1.29 is 14.6 Å². The van der Waals surface area contributed by atoms with Gasteiger partial charge in [0, 0.05) is 18.2 Å². The van der Waals surface area contributed by atoms with Crippen molar-refractivity contribution in [2.75, 3.05) is 0 Å². The molecule has 0 spiro atoms. The van der Waals surface area contributed by atoms with Crippen molar-refractivity contribution in [1.82, 2.24) is 4.98 Å². The van der Waals surface area contributed by atoms with Gasteiger partial charge in [0.1, 0.15) is 5.75 Å². The molecule has 1 fully saturated rings. The maximum atomic E-state index is 10.6. The van der Waals surface area contributed by atoms with Crippen molar-refractivity contribution in [3.05, 3.63) is 48.2 Å². The molecule has 4 heteroatoms. The number of aryl methyl sites for hydroxylation is 1. The Morgan fingerprint density at radius 2 is 1.77 bits per heavy atom. The molecule has 0 amide bonds. The summed E-state index contributed by atoms with van der Waals surface area (Å²) in [6.07, 6.45) is 9.60. The van der Waals surface area contributed by atoms with Crippen LogP contribution in [-0.4, -0.2) is 22.2 Å². The van der Waals surface area contributed by atoms with Gasteiger partial charge in [-0.25, -0.2) is 0 Å². The summed E-state index contributed by atoms with van der Waals surface area (Å²) in [6.45, 7) is 7.03. The molecule has 1 aromatic heterocycles. The summed E-state index contributed by atoms with van der Waals surface area (Å²) in [5.41, 5.74) is 3.61. The number of hydrogen-bond acceptors (Lipinski definition) is 3. The van der Waals surface area contributed by atoms with E-state index in [4.69, 9.17) is 9.84 Å². The summed E-state index contributed by atoms with van der Waals surface area (Å²) in [5.74, 6) is 1.000. The number of carbonyl (C=O) groups is 1. The third-order valence-corrected chi connectivity index (χ3v) is 6.28. The molecule has 1 aliphatic rings. The Labute approximate surface area is 180 Å². The van der Waals surface area contributed by atoms with E-state index in [9.17, 15) is 4.79 Å². The Morgan fingerprint density at radius 3 is 2.40 bits per heavy atom. The molecule has 30 heavy (non-hydrogen) atoms. The largest absolute Gasteiger partial charge is 0.490 e. The number of nitrogens with zero attached hydrogens (tertiary/aromatic N) is 1. The fraction of sp³-hybridized carbons (Fsp3) is 0.538. The first-order chi connectivity index (χ1) is 14.3. The van der Waals surface area contributed by atoms with Crippen molar-refractivity contribution in [3.8, 4) is 17.0 Å². The zero-order chi connectivity index (χ0) is 21.6. The Bertz CT molecular complexity index is 815. The topological polar surface area (TPSA) is 59.4 Å². The maximum Gasteiger partial charge on any atom is 0.303 e. The van der Waals surface area contributed by atoms with Gasteiger partial charge in [-0.05, 0) is 98.2 Å². The first-order valence-electron chi connectivity index (χ1n) is 11.2. The molecule has 1 heterocycles. The molecule has 1 saturated carbocycles. The molecule has 0 atom stereocenters. The average Bonchev–Trinajstić information content (AvgIpc) is 2.72. The number of pyridine rings is 1. The van der Waals surface area contributed by atoms with Crippen LogP contribution in [0.15, 0.2) is 42.6 Å². The van der Waals surface area contributed by atoms with Crippen LogP contribution in [0.2, 0.25) is 0 Å². The maximum absolute atomic E-state index is 10.6. The van der Waals surface area contributed by atoms with Gasteiger partial charge >= 0.3 is 5.97 Å². The number of unbranched alkanes of at least 4 members (excludes halogenated alkanes) is 1. The van der Waals surface area contributed by atoms with Crippen molar-refractivity contribution in [3.63, 3.8) is 0 Å². The van der Waals surface area contributed by atoms with E-state index in [0.717, 1.165) is 48.6 Å². The number of carboxylic acids is 1. The van der Waals surface area contributed by atoms with E-state index in [1.54, 1.807) is 0 Å². The Balaban J connectivity index is 1.53. The predicted octanol–water partition coefficient (Wildman–Crippen LogP) is 6.53. The standard InChI is InChI=1S/C26H35NO3/c1-26(2,3)21-10-14-23(15-11-21)30-22-12-8-20(9-13-22)24-18-19(16-17-27-24)6-4-5-7-25(28)29/h8-9,12-13,16-18,21,23H,4-7,10-11,14-15H2,1-3H3,(H,28,29). The summed E-state index contributed by atoms with van der Waals surface area (Å²) < 4.78 is 6.25. The van der Waals surface area contributed by atoms with E-state index in [-0.39, 0.29) is 6.42 Å². The molecular weight excluding hydrogens is 374 g/mol. The van der Waals surface area contributed by atoms with Gasteiger partial charge in [0.15, 0.2) is 0 Å². The van der Waals surface area contributed by atoms with Gasteiger partial charge in [0.25, 0.3) is 0 Å². The quantitative estimate of drug-likeness (QED) is 0.504. The number of hydrogen-bond donors (Lipinski definition) is 1. The van der Waals surface area contributed by atoms with E-state index in [0.29, 0.717) is 17.9 Å². The fourth-order valence-corrected chi connectivity index (χ4v) is 4.34. The van der Waals surface area contributed by atoms with E-state index in [1.807, 2.05) is 24.4 Å². The molecule has 1 aromatic carbocycles. The Hall–Kier alpha value is -2.36. The van der Waals surface area contributed by atoms with Crippen LogP contribution in [0.25, 0.3) is 11.3 Å².